The number of halogens is 1. The highest BCUT2D eigenvalue weighted by molar-refractivity contribution is 6.37. The van der Waals surface area contributed by atoms with E-state index < -0.39 is 11.7 Å². The Balaban J connectivity index is 1.81. The predicted molar refractivity (Wildman–Crippen MR) is 129 cm³/mol. The Morgan fingerprint density at radius 3 is 2.48 bits per heavy atom. The third-order valence-corrected chi connectivity index (χ3v) is 5.29. The standard InChI is InChI=1S/C26H25FN4O2/c1-31(2)15-16-6-9-20(10-7-16)29-25(18-5-3-4-17(12-18)13-23(28)32)24-21-11-8-19(27)14-22(21)30-26(24)33/h3-12,14,29H,13,15H2,1-2H3,(H2,28,32)(H,30,33)/b25-24-. The Hall–Kier alpha value is -3.97. The molecule has 0 radical (unpaired) electrons. The molecule has 4 N–H and O–H groups in total. The van der Waals surface area contributed by atoms with Crippen molar-refractivity contribution < 1.29 is 14.0 Å². The van der Waals surface area contributed by atoms with Crippen molar-refractivity contribution in [1.29, 1.82) is 0 Å². The van der Waals surface area contributed by atoms with E-state index in [9.17, 15) is 14.0 Å². The SMILES string of the molecule is CN(C)Cc1ccc(N/C(=C2\C(=O)Nc3cc(F)ccc32)c2cccc(CC(N)=O)c2)cc1. The zero-order valence-electron chi connectivity index (χ0n) is 18.5. The number of rotatable bonds is 7. The minimum Gasteiger partial charge on any atom is -0.369 e. The molecule has 0 saturated heterocycles. The number of primary amides is 1. The molecule has 0 bridgehead atoms. The number of carbonyl (C=O) groups is 2. The van der Waals surface area contributed by atoms with Gasteiger partial charge in [0.1, 0.15) is 5.82 Å². The number of amides is 2. The van der Waals surface area contributed by atoms with E-state index in [1.807, 2.05) is 62.6 Å². The fourth-order valence-electron chi connectivity index (χ4n) is 3.91. The molecule has 1 aliphatic rings. The molecular weight excluding hydrogens is 419 g/mol. The maximum atomic E-state index is 13.8. The lowest BCUT2D eigenvalue weighted by Gasteiger charge is -2.16. The molecule has 3 aromatic rings. The minimum atomic E-state index is -0.440. The molecule has 3 aromatic carbocycles. The molecular formula is C26H25FN4O2. The average Bonchev–Trinajstić information content (AvgIpc) is 3.07. The molecule has 0 unspecified atom stereocenters. The van der Waals surface area contributed by atoms with Crippen molar-refractivity contribution in [3.05, 3.63) is 94.8 Å². The normalized spacial score (nSPS) is 14.1. The molecule has 0 aliphatic carbocycles. The van der Waals surface area contributed by atoms with Crippen LogP contribution < -0.4 is 16.4 Å². The summed E-state index contributed by atoms with van der Waals surface area (Å²) in [6.45, 7) is 0.810. The first-order chi connectivity index (χ1) is 15.8. The first-order valence-corrected chi connectivity index (χ1v) is 10.5. The summed E-state index contributed by atoms with van der Waals surface area (Å²) in [6.07, 6.45) is 0.0870. The number of nitrogens with zero attached hydrogens (tertiary/aromatic N) is 1. The van der Waals surface area contributed by atoms with Crippen LogP contribution in [0, 0.1) is 5.82 Å². The summed E-state index contributed by atoms with van der Waals surface area (Å²) in [5, 5.41) is 6.12. The monoisotopic (exact) mass is 444 g/mol. The molecule has 0 saturated carbocycles. The molecule has 168 valence electrons. The quantitative estimate of drug-likeness (QED) is 0.483. The van der Waals surface area contributed by atoms with Gasteiger partial charge in [0.05, 0.1) is 23.4 Å². The number of hydrogen-bond acceptors (Lipinski definition) is 4. The van der Waals surface area contributed by atoms with Crippen molar-refractivity contribution in [3.8, 4) is 0 Å². The summed E-state index contributed by atoms with van der Waals surface area (Å²) in [4.78, 5) is 26.5. The van der Waals surface area contributed by atoms with Gasteiger partial charge in [0.2, 0.25) is 5.91 Å². The Kier molecular flexibility index (Phi) is 6.24. The Labute approximate surface area is 191 Å². The van der Waals surface area contributed by atoms with Crippen LogP contribution in [0.15, 0.2) is 66.7 Å². The van der Waals surface area contributed by atoms with E-state index in [1.165, 1.54) is 12.1 Å². The molecule has 4 rings (SSSR count). The van der Waals surface area contributed by atoms with Crippen LogP contribution in [0.2, 0.25) is 0 Å². The zero-order valence-corrected chi connectivity index (χ0v) is 18.5. The lowest BCUT2D eigenvalue weighted by Crippen LogP contribution is -2.14. The van der Waals surface area contributed by atoms with Crippen molar-refractivity contribution in [2.24, 2.45) is 5.73 Å². The molecule has 0 atom stereocenters. The molecule has 7 heteroatoms. The van der Waals surface area contributed by atoms with Gasteiger partial charge in [0.25, 0.3) is 5.91 Å². The second kappa shape index (κ2) is 9.26. The highest BCUT2D eigenvalue weighted by atomic mass is 19.1. The second-order valence-electron chi connectivity index (χ2n) is 8.30. The lowest BCUT2D eigenvalue weighted by molar-refractivity contribution is -0.117. The number of benzene rings is 3. The predicted octanol–water partition coefficient (Wildman–Crippen LogP) is 3.85. The van der Waals surface area contributed by atoms with Gasteiger partial charge in [0.15, 0.2) is 0 Å². The number of nitrogens with one attached hydrogen (secondary N) is 2. The summed E-state index contributed by atoms with van der Waals surface area (Å²) in [5.41, 5.74) is 10.8. The molecule has 0 fully saturated rings. The van der Waals surface area contributed by atoms with Gasteiger partial charge in [-0.25, -0.2) is 4.39 Å². The largest absolute Gasteiger partial charge is 0.369 e. The number of hydrogen-bond donors (Lipinski definition) is 3. The van der Waals surface area contributed by atoms with Crippen LogP contribution in [0.4, 0.5) is 15.8 Å². The summed E-state index contributed by atoms with van der Waals surface area (Å²) >= 11 is 0. The highest BCUT2D eigenvalue weighted by Crippen LogP contribution is 2.38. The lowest BCUT2D eigenvalue weighted by atomic mass is 9.98. The van der Waals surface area contributed by atoms with E-state index in [4.69, 9.17) is 5.73 Å². The minimum absolute atomic E-state index is 0.0870. The summed E-state index contributed by atoms with van der Waals surface area (Å²) in [7, 11) is 4.01. The van der Waals surface area contributed by atoms with Crippen LogP contribution in [0.1, 0.15) is 22.3 Å². The fourth-order valence-corrected chi connectivity index (χ4v) is 3.91. The van der Waals surface area contributed by atoms with Crippen LogP contribution in [0.25, 0.3) is 11.3 Å². The van der Waals surface area contributed by atoms with Crippen LogP contribution in [-0.2, 0) is 22.6 Å². The van der Waals surface area contributed by atoms with Gasteiger partial charge in [-0.2, -0.15) is 0 Å². The first-order valence-electron chi connectivity index (χ1n) is 10.5. The van der Waals surface area contributed by atoms with Gasteiger partial charge >= 0.3 is 0 Å². The maximum absolute atomic E-state index is 13.8. The third kappa shape index (κ3) is 5.10. The van der Waals surface area contributed by atoms with Crippen molar-refractivity contribution in [2.45, 2.75) is 13.0 Å². The van der Waals surface area contributed by atoms with Gasteiger partial charge in [-0.3, -0.25) is 9.59 Å². The summed E-state index contributed by atoms with van der Waals surface area (Å²) < 4.78 is 13.8. The van der Waals surface area contributed by atoms with Gasteiger partial charge in [-0.1, -0.05) is 30.3 Å². The van der Waals surface area contributed by atoms with Gasteiger partial charge in [0, 0.05) is 17.8 Å². The highest BCUT2D eigenvalue weighted by Gasteiger charge is 2.29. The van der Waals surface area contributed by atoms with Crippen LogP contribution in [-0.4, -0.2) is 30.8 Å². The van der Waals surface area contributed by atoms with Gasteiger partial charge < -0.3 is 21.3 Å². The smallest absolute Gasteiger partial charge is 0.258 e. The van der Waals surface area contributed by atoms with E-state index in [1.54, 1.807) is 6.07 Å². The summed E-state index contributed by atoms with van der Waals surface area (Å²) in [6, 6.07) is 19.5. The van der Waals surface area contributed by atoms with Crippen molar-refractivity contribution >= 4 is 34.5 Å². The van der Waals surface area contributed by atoms with Crippen molar-refractivity contribution in [2.75, 3.05) is 24.7 Å². The Bertz CT molecular complexity index is 1250. The van der Waals surface area contributed by atoms with Crippen molar-refractivity contribution in [3.63, 3.8) is 0 Å². The first kappa shape index (κ1) is 22.2. The average molecular weight is 445 g/mol. The Morgan fingerprint density at radius 1 is 1.03 bits per heavy atom. The molecule has 1 aliphatic heterocycles. The van der Waals surface area contributed by atoms with Crippen molar-refractivity contribution in [1.82, 2.24) is 4.90 Å². The molecule has 2 amide bonds. The number of carbonyl (C=O) groups excluding carboxylic acids is 2. The summed E-state index contributed by atoms with van der Waals surface area (Å²) in [5.74, 6) is -1.20. The topological polar surface area (TPSA) is 87.5 Å². The van der Waals surface area contributed by atoms with Crippen LogP contribution in [0.3, 0.4) is 0 Å². The maximum Gasteiger partial charge on any atom is 0.258 e. The number of anilines is 2. The molecule has 0 aromatic heterocycles. The number of nitrogens with two attached hydrogens (primary N) is 1. The van der Waals surface area contributed by atoms with E-state index in [0.29, 0.717) is 28.1 Å². The zero-order chi connectivity index (χ0) is 23.5. The third-order valence-electron chi connectivity index (χ3n) is 5.29. The molecule has 1 heterocycles. The molecule has 6 nitrogen and oxygen atoms in total. The van der Waals surface area contributed by atoms with E-state index in [2.05, 4.69) is 15.5 Å². The van der Waals surface area contributed by atoms with Gasteiger partial charge in [-0.15, -0.1) is 0 Å². The van der Waals surface area contributed by atoms with E-state index in [0.717, 1.165) is 23.4 Å². The van der Waals surface area contributed by atoms with Crippen LogP contribution >= 0.6 is 0 Å². The van der Waals surface area contributed by atoms with Gasteiger partial charge in [-0.05, 0) is 67.2 Å². The fraction of sp³-hybridized carbons (Fsp3) is 0.154. The number of fused-ring (bicyclic) bond motifs is 1. The molecule has 0 spiro atoms. The van der Waals surface area contributed by atoms with E-state index in [-0.39, 0.29) is 12.3 Å². The Morgan fingerprint density at radius 2 is 1.79 bits per heavy atom. The molecule has 33 heavy (non-hydrogen) atoms. The van der Waals surface area contributed by atoms with Crippen LogP contribution in [0.5, 0.6) is 0 Å². The van der Waals surface area contributed by atoms with E-state index >= 15 is 0 Å². The second-order valence-corrected chi connectivity index (χ2v) is 8.30.